The van der Waals surface area contributed by atoms with Gasteiger partial charge in [-0.1, -0.05) is 19.4 Å². The largest absolute Gasteiger partial charge is 0.508 e. The smallest absolute Gasteiger partial charge is 0.115 e. The van der Waals surface area contributed by atoms with E-state index in [0.717, 1.165) is 18.4 Å². The summed E-state index contributed by atoms with van der Waals surface area (Å²) in [5.74, 6) is 2.01. The summed E-state index contributed by atoms with van der Waals surface area (Å²) in [6.07, 6.45) is 10.4. The SMILES string of the molecule is COCCOCCC12CCC[C@]3(C)c4cc(O)ccc4C[C@H](CC1)[C@@H]3C2.[Y]. The number of phenols is 1. The predicted molar refractivity (Wildman–Crippen MR) is 104 cm³/mol. The minimum Gasteiger partial charge on any atom is -0.508 e. The van der Waals surface area contributed by atoms with Gasteiger partial charge in [0.25, 0.3) is 0 Å². The summed E-state index contributed by atoms with van der Waals surface area (Å²) in [4.78, 5) is 0. The quantitative estimate of drug-likeness (QED) is 0.635. The molecule has 1 aromatic rings. The third kappa shape index (κ3) is 4.18. The zero-order valence-corrected chi connectivity index (χ0v) is 19.8. The van der Waals surface area contributed by atoms with Crippen LogP contribution in [0.1, 0.15) is 63.0 Å². The Bertz CT molecular complexity index is 649. The summed E-state index contributed by atoms with van der Waals surface area (Å²) in [6.45, 7) is 4.76. The first-order valence-electron chi connectivity index (χ1n) is 10.5. The molecule has 2 saturated carbocycles. The molecule has 1 unspecified atom stereocenters. The molecule has 0 aromatic heterocycles. The van der Waals surface area contributed by atoms with E-state index in [0.29, 0.717) is 24.4 Å². The second kappa shape index (κ2) is 8.82. The van der Waals surface area contributed by atoms with Crippen LogP contribution in [0.25, 0.3) is 0 Å². The van der Waals surface area contributed by atoms with E-state index in [9.17, 15) is 5.11 Å². The van der Waals surface area contributed by atoms with E-state index in [1.165, 1.54) is 62.5 Å². The summed E-state index contributed by atoms with van der Waals surface area (Å²) in [6, 6.07) is 6.13. The van der Waals surface area contributed by atoms with Gasteiger partial charge < -0.3 is 14.6 Å². The van der Waals surface area contributed by atoms with Gasteiger partial charge in [0.15, 0.2) is 0 Å². The maximum Gasteiger partial charge on any atom is 0.115 e. The molecule has 1 aromatic carbocycles. The fourth-order valence-corrected chi connectivity index (χ4v) is 6.44. The molecule has 0 saturated heterocycles. The number of ether oxygens (including phenoxy) is 2. The molecule has 27 heavy (non-hydrogen) atoms. The Labute approximate surface area is 189 Å². The number of hydrogen-bond donors (Lipinski definition) is 1. The van der Waals surface area contributed by atoms with Gasteiger partial charge in [-0.15, -0.1) is 0 Å². The molecule has 4 rings (SSSR count). The fraction of sp³-hybridized carbons (Fsp3) is 0.739. The first-order chi connectivity index (χ1) is 12.6. The van der Waals surface area contributed by atoms with Crippen LogP contribution in [0, 0.1) is 17.3 Å². The van der Waals surface area contributed by atoms with E-state index >= 15 is 0 Å². The minimum absolute atomic E-state index is 0. The van der Waals surface area contributed by atoms with E-state index in [2.05, 4.69) is 19.1 Å². The van der Waals surface area contributed by atoms with Crippen LogP contribution < -0.4 is 0 Å². The molecular formula is C23H34O3Y. The fourth-order valence-electron chi connectivity index (χ4n) is 6.44. The van der Waals surface area contributed by atoms with Gasteiger partial charge in [-0.05, 0) is 90.9 Å². The molecule has 0 amide bonds. The molecule has 2 bridgehead atoms. The average molecular weight is 447 g/mol. The number of methoxy groups -OCH3 is 1. The number of phenolic OH excluding ortho intramolecular Hbond substituents is 1. The second-order valence-electron chi connectivity index (χ2n) is 9.28. The van der Waals surface area contributed by atoms with E-state index in [4.69, 9.17) is 9.47 Å². The Morgan fingerprint density at radius 3 is 2.81 bits per heavy atom. The van der Waals surface area contributed by atoms with Crippen LogP contribution in [0.4, 0.5) is 0 Å². The molecule has 3 aliphatic rings. The van der Waals surface area contributed by atoms with Crippen LogP contribution in [0.15, 0.2) is 18.2 Å². The Hall–Kier alpha value is 0.0439. The number of fused-ring (bicyclic) bond motifs is 3. The summed E-state index contributed by atoms with van der Waals surface area (Å²) < 4.78 is 10.9. The molecular weight excluding hydrogens is 413 g/mol. The van der Waals surface area contributed by atoms with E-state index in [1.54, 1.807) is 7.11 Å². The molecule has 3 nitrogen and oxygen atoms in total. The van der Waals surface area contributed by atoms with Crippen LogP contribution in [-0.4, -0.2) is 32.0 Å². The molecule has 4 heteroatoms. The first-order valence-corrected chi connectivity index (χ1v) is 10.5. The van der Waals surface area contributed by atoms with Gasteiger partial charge in [0.2, 0.25) is 0 Å². The molecule has 1 radical (unpaired) electrons. The molecule has 2 fully saturated rings. The van der Waals surface area contributed by atoms with Crippen molar-refractivity contribution < 1.29 is 47.3 Å². The Kier molecular flexibility index (Phi) is 7.10. The maximum atomic E-state index is 10.1. The summed E-state index contributed by atoms with van der Waals surface area (Å²) in [5, 5.41) is 10.1. The molecule has 0 aliphatic heterocycles. The van der Waals surface area contributed by atoms with E-state index < -0.39 is 0 Å². The summed E-state index contributed by atoms with van der Waals surface area (Å²) >= 11 is 0. The molecule has 4 atom stereocenters. The molecule has 0 spiro atoms. The van der Waals surface area contributed by atoms with Crippen molar-refractivity contribution in [2.45, 2.75) is 63.7 Å². The minimum atomic E-state index is 0. The Balaban J connectivity index is 0.00000210. The van der Waals surface area contributed by atoms with E-state index in [1.807, 2.05) is 6.07 Å². The summed E-state index contributed by atoms with van der Waals surface area (Å²) in [5.41, 5.74) is 3.63. The van der Waals surface area contributed by atoms with Crippen molar-refractivity contribution in [2.24, 2.45) is 17.3 Å². The van der Waals surface area contributed by atoms with Gasteiger partial charge in [-0.2, -0.15) is 0 Å². The van der Waals surface area contributed by atoms with Gasteiger partial charge in [0, 0.05) is 46.4 Å². The van der Waals surface area contributed by atoms with Gasteiger partial charge >= 0.3 is 0 Å². The van der Waals surface area contributed by atoms with Crippen molar-refractivity contribution >= 4 is 0 Å². The average Bonchev–Trinajstić information content (AvgIpc) is 2.76. The third-order valence-electron chi connectivity index (χ3n) is 7.89. The third-order valence-corrected chi connectivity index (χ3v) is 7.89. The molecule has 147 valence electrons. The molecule has 1 N–H and O–H groups in total. The predicted octanol–water partition coefficient (Wildman–Crippen LogP) is 4.84. The summed E-state index contributed by atoms with van der Waals surface area (Å²) in [7, 11) is 1.73. The Morgan fingerprint density at radius 2 is 2.00 bits per heavy atom. The number of aromatic hydroxyl groups is 1. The zero-order valence-electron chi connectivity index (χ0n) is 17.0. The van der Waals surface area contributed by atoms with Crippen LogP contribution in [0.5, 0.6) is 5.75 Å². The normalized spacial score (nSPS) is 34.3. The second-order valence-corrected chi connectivity index (χ2v) is 9.28. The topological polar surface area (TPSA) is 38.7 Å². The van der Waals surface area contributed by atoms with Gasteiger partial charge in [-0.25, -0.2) is 0 Å². The first kappa shape index (κ1) is 21.7. The van der Waals surface area contributed by atoms with Crippen LogP contribution >= 0.6 is 0 Å². The van der Waals surface area contributed by atoms with Crippen molar-refractivity contribution in [1.29, 1.82) is 0 Å². The number of benzene rings is 1. The van der Waals surface area contributed by atoms with Crippen LogP contribution in [-0.2, 0) is 54.0 Å². The van der Waals surface area contributed by atoms with Crippen molar-refractivity contribution in [3.05, 3.63) is 29.3 Å². The molecule has 3 aliphatic carbocycles. The van der Waals surface area contributed by atoms with Crippen molar-refractivity contribution in [3.63, 3.8) is 0 Å². The zero-order chi connectivity index (χ0) is 18.2. The Morgan fingerprint density at radius 1 is 1.15 bits per heavy atom. The standard InChI is InChI=1S/C23H34O3.Y/c1-22-7-3-8-23(10-11-26-13-12-25-2)9-6-18(21(22)16-23)14-17-4-5-19(24)15-20(17)22;/h4-5,15,18,21,24H,3,6-14,16H2,1-2H3;/t18-,21-,22+,23?;/m0./s1. The van der Waals surface area contributed by atoms with Crippen molar-refractivity contribution in [1.82, 2.24) is 0 Å². The maximum absolute atomic E-state index is 10.1. The number of rotatable bonds is 6. The van der Waals surface area contributed by atoms with Gasteiger partial charge in [0.1, 0.15) is 5.75 Å². The van der Waals surface area contributed by atoms with Crippen LogP contribution in [0.2, 0.25) is 0 Å². The monoisotopic (exact) mass is 447 g/mol. The number of hydrogen-bond acceptors (Lipinski definition) is 3. The van der Waals surface area contributed by atoms with E-state index in [-0.39, 0.29) is 38.1 Å². The van der Waals surface area contributed by atoms with Crippen molar-refractivity contribution in [2.75, 3.05) is 26.9 Å². The van der Waals surface area contributed by atoms with Crippen LogP contribution in [0.3, 0.4) is 0 Å². The molecule has 0 heterocycles. The van der Waals surface area contributed by atoms with Gasteiger partial charge in [-0.3, -0.25) is 0 Å². The van der Waals surface area contributed by atoms with Gasteiger partial charge in [0.05, 0.1) is 13.2 Å². The van der Waals surface area contributed by atoms with Crippen molar-refractivity contribution in [3.8, 4) is 5.75 Å².